The second-order valence-corrected chi connectivity index (χ2v) is 13.6. The normalized spacial score (nSPS) is 11.3. The van der Waals surface area contributed by atoms with Crippen LogP contribution in [0.5, 0.6) is 0 Å². The van der Waals surface area contributed by atoms with Gasteiger partial charge >= 0.3 is 0 Å². The van der Waals surface area contributed by atoms with E-state index in [9.17, 15) is 0 Å². The van der Waals surface area contributed by atoms with Crippen molar-refractivity contribution in [3.63, 3.8) is 0 Å². The largest absolute Gasteiger partial charge is 0.455 e. The van der Waals surface area contributed by atoms with Crippen molar-refractivity contribution in [2.45, 2.75) is 0 Å². The molecule has 0 saturated carbocycles. The summed E-state index contributed by atoms with van der Waals surface area (Å²) in [4.78, 5) is 14.8. The van der Waals surface area contributed by atoms with Gasteiger partial charge in [0.05, 0.1) is 0 Å². The van der Waals surface area contributed by atoms with Crippen molar-refractivity contribution in [3.05, 3.63) is 200 Å². The Morgan fingerprint density at radius 2 is 0.545 bits per heavy atom. The Hall–Kier alpha value is -7.43. The minimum atomic E-state index is 0.618. The number of furan rings is 1. The maximum atomic E-state index is 7.02. The first-order valence-electron chi connectivity index (χ1n) is 18.4. The Kier molecular flexibility index (Phi) is 8.12. The quantitative estimate of drug-likeness (QED) is 0.166. The lowest BCUT2D eigenvalue weighted by atomic mass is 9.93. The van der Waals surface area contributed by atoms with Crippen LogP contribution in [-0.4, -0.2) is 15.0 Å². The third-order valence-corrected chi connectivity index (χ3v) is 10.1. The lowest BCUT2D eigenvalue weighted by molar-refractivity contribution is 0.671. The van der Waals surface area contributed by atoms with Crippen LogP contribution in [0.1, 0.15) is 0 Å². The highest BCUT2D eigenvalue weighted by molar-refractivity contribution is 6.15. The third-order valence-electron chi connectivity index (χ3n) is 10.1. The van der Waals surface area contributed by atoms with Crippen LogP contribution in [0, 0.1) is 0 Å². The second kappa shape index (κ2) is 13.8. The maximum absolute atomic E-state index is 7.02. The van der Waals surface area contributed by atoms with Crippen LogP contribution >= 0.6 is 0 Å². The van der Waals surface area contributed by atoms with E-state index in [2.05, 4.69) is 140 Å². The molecular formula is C51H33N3O. The summed E-state index contributed by atoms with van der Waals surface area (Å²) in [6.07, 6.45) is 0. The minimum absolute atomic E-state index is 0.618. The van der Waals surface area contributed by atoms with Gasteiger partial charge in [-0.15, -0.1) is 0 Å². The lowest BCUT2D eigenvalue weighted by Crippen LogP contribution is -2.00. The molecule has 0 N–H and O–H groups in total. The third kappa shape index (κ3) is 6.16. The molecule has 2 aromatic heterocycles. The molecular weight excluding hydrogens is 671 g/mol. The Bertz CT molecular complexity index is 2870. The van der Waals surface area contributed by atoms with Gasteiger partial charge in [-0.05, 0) is 57.6 Å². The maximum Gasteiger partial charge on any atom is 0.164 e. The van der Waals surface area contributed by atoms with Crippen molar-refractivity contribution in [2.24, 2.45) is 0 Å². The standard InChI is InChI=1S/C51H33N3O/c1-6-16-34(17-7-1)41-30-43(36-20-10-3-11-21-36)47-45(32-41)46-33-42(35-18-8-2-9-19-35)31-44(48(46)55-47)37-26-28-40(29-27-37)51-53-49(38-22-12-4-13-23-38)52-50(54-51)39-24-14-5-15-25-39/h1-33H. The van der Waals surface area contributed by atoms with Crippen LogP contribution in [0.2, 0.25) is 0 Å². The zero-order valence-corrected chi connectivity index (χ0v) is 29.8. The highest BCUT2D eigenvalue weighted by Gasteiger charge is 2.20. The summed E-state index contributed by atoms with van der Waals surface area (Å²) >= 11 is 0. The zero-order chi connectivity index (χ0) is 36.6. The smallest absolute Gasteiger partial charge is 0.164 e. The molecule has 55 heavy (non-hydrogen) atoms. The molecule has 8 aromatic carbocycles. The molecule has 0 saturated heterocycles. The van der Waals surface area contributed by atoms with E-state index in [4.69, 9.17) is 19.4 Å². The summed E-state index contributed by atoms with van der Waals surface area (Å²) in [5, 5.41) is 2.15. The fraction of sp³-hybridized carbons (Fsp3) is 0. The number of nitrogens with zero attached hydrogens (tertiary/aromatic N) is 3. The first-order valence-corrected chi connectivity index (χ1v) is 18.4. The number of fused-ring (bicyclic) bond motifs is 3. The number of hydrogen-bond acceptors (Lipinski definition) is 4. The molecule has 10 aromatic rings. The van der Waals surface area contributed by atoms with Gasteiger partial charge in [-0.25, -0.2) is 15.0 Å². The van der Waals surface area contributed by atoms with Crippen LogP contribution in [0.3, 0.4) is 0 Å². The lowest BCUT2D eigenvalue weighted by Gasteiger charge is -2.10. The molecule has 0 unspecified atom stereocenters. The van der Waals surface area contributed by atoms with Crippen molar-refractivity contribution in [3.8, 4) is 78.7 Å². The van der Waals surface area contributed by atoms with Gasteiger partial charge in [0.25, 0.3) is 0 Å². The Morgan fingerprint density at radius 3 is 0.927 bits per heavy atom. The van der Waals surface area contributed by atoms with Crippen molar-refractivity contribution in [1.82, 2.24) is 15.0 Å². The minimum Gasteiger partial charge on any atom is -0.455 e. The first-order chi connectivity index (χ1) is 27.2. The molecule has 0 aliphatic heterocycles. The Labute approximate surface area is 319 Å². The molecule has 4 heteroatoms. The van der Waals surface area contributed by atoms with Crippen LogP contribution in [0.25, 0.3) is 101 Å². The highest BCUT2D eigenvalue weighted by Crippen LogP contribution is 2.44. The fourth-order valence-corrected chi connectivity index (χ4v) is 7.36. The number of hydrogen-bond donors (Lipinski definition) is 0. The van der Waals surface area contributed by atoms with Crippen molar-refractivity contribution in [1.29, 1.82) is 0 Å². The molecule has 0 aliphatic carbocycles. The second-order valence-electron chi connectivity index (χ2n) is 13.6. The van der Waals surface area contributed by atoms with Gasteiger partial charge in [0, 0.05) is 38.6 Å². The van der Waals surface area contributed by atoms with Crippen LogP contribution in [0.4, 0.5) is 0 Å². The van der Waals surface area contributed by atoms with Crippen molar-refractivity contribution in [2.75, 3.05) is 0 Å². The molecule has 10 rings (SSSR count). The molecule has 258 valence electrons. The molecule has 0 radical (unpaired) electrons. The predicted octanol–water partition coefficient (Wildman–Crippen LogP) is 13.4. The van der Waals surface area contributed by atoms with E-state index in [0.29, 0.717) is 17.5 Å². The summed E-state index contributed by atoms with van der Waals surface area (Å²) in [5.41, 5.74) is 13.3. The van der Waals surface area contributed by atoms with Gasteiger partial charge in [0.2, 0.25) is 0 Å². The van der Waals surface area contributed by atoms with E-state index >= 15 is 0 Å². The highest BCUT2D eigenvalue weighted by atomic mass is 16.3. The van der Waals surface area contributed by atoms with Crippen LogP contribution < -0.4 is 0 Å². The van der Waals surface area contributed by atoms with E-state index < -0.39 is 0 Å². The SMILES string of the molecule is c1ccc(-c2cc(-c3ccccc3)c3oc4c(-c5ccc(-c6nc(-c7ccccc7)nc(-c7ccccc7)n6)cc5)cc(-c5ccccc5)cc4c3c2)cc1. The van der Waals surface area contributed by atoms with E-state index in [0.717, 1.165) is 83.1 Å². The topological polar surface area (TPSA) is 51.8 Å². The summed E-state index contributed by atoms with van der Waals surface area (Å²) in [6, 6.07) is 69.3. The molecule has 0 atom stereocenters. The zero-order valence-electron chi connectivity index (χ0n) is 29.8. The first kappa shape index (κ1) is 32.2. The van der Waals surface area contributed by atoms with E-state index in [1.165, 1.54) is 0 Å². The number of rotatable bonds is 7. The van der Waals surface area contributed by atoms with Gasteiger partial charge in [0.1, 0.15) is 11.2 Å². The number of aromatic nitrogens is 3. The van der Waals surface area contributed by atoms with Gasteiger partial charge in [-0.3, -0.25) is 0 Å². The molecule has 0 amide bonds. The molecule has 0 aliphatic rings. The van der Waals surface area contributed by atoms with Gasteiger partial charge < -0.3 is 4.42 Å². The number of benzene rings is 8. The van der Waals surface area contributed by atoms with E-state index in [1.54, 1.807) is 0 Å². The van der Waals surface area contributed by atoms with E-state index in [-0.39, 0.29) is 0 Å². The molecule has 0 fully saturated rings. The van der Waals surface area contributed by atoms with Gasteiger partial charge in [-0.1, -0.05) is 176 Å². The molecule has 0 spiro atoms. The van der Waals surface area contributed by atoms with Crippen LogP contribution in [0.15, 0.2) is 205 Å². The van der Waals surface area contributed by atoms with Gasteiger partial charge in [0.15, 0.2) is 17.5 Å². The van der Waals surface area contributed by atoms with Crippen LogP contribution in [-0.2, 0) is 0 Å². The summed E-state index contributed by atoms with van der Waals surface area (Å²) in [5.74, 6) is 1.89. The fourth-order valence-electron chi connectivity index (χ4n) is 7.36. The molecule has 2 heterocycles. The van der Waals surface area contributed by atoms with Crippen molar-refractivity contribution >= 4 is 21.9 Å². The molecule has 0 bridgehead atoms. The summed E-state index contributed by atoms with van der Waals surface area (Å²) in [6.45, 7) is 0. The summed E-state index contributed by atoms with van der Waals surface area (Å²) in [7, 11) is 0. The Morgan fingerprint density at radius 1 is 0.255 bits per heavy atom. The Balaban J connectivity index is 1.17. The van der Waals surface area contributed by atoms with Gasteiger partial charge in [-0.2, -0.15) is 0 Å². The monoisotopic (exact) mass is 703 g/mol. The average molecular weight is 704 g/mol. The summed E-state index contributed by atoms with van der Waals surface area (Å²) < 4.78 is 7.02. The predicted molar refractivity (Wildman–Crippen MR) is 225 cm³/mol. The van der Waals surface area contributed by atoms with E-state index in [1.807, 2.05) is 60.7 Å². The average Bonchev–Trinajstić information content (AvgIpc) is 3.66. The molecule has 4 nitrogen and oxygen atoms in total. The van der Waals surface area contributed by atoms with Crippen molar-refractivity contribution < 1.29 is 4.42 Å².